The molecule has 2 saturated heterocycles. The maximum atomic E-state index is 12.0. The van der Waals surface area contributed by atoms with Gasteiger partial charge in [0.15, 0.2) is 5.79 Å². The van der Waals surface area contributed by atoms with E-state index >= 15 is 0 Å². The lowest BCUT2D eigenvalue weighted by Crippen LogP contribution is -2.49. The van der Waals surface area contributed by atoms with Crippen LogP contribution in [0.3, 0.4) is 0 Å². The molecule has 19 heavy (non-hydrogen) atoms. The Morgan fingerprint density at radius 2 is 1.79 bits per heavy atom. The van der Waals surface area contributed by atoms with Crippen LogP contribution in [0.15, 0.2) is 0 Å². The minimum absolute atomic E-state index is 0.0122. The van der Waals surface area contributed by atoms with Gasteiger partial charge in [0.25, 0.3) is 0 Å². The van der Waals surface area contributed by atoms with Gasteiger partial charge in [0.1, 0.15) is 0 Å². The minimum Gasteiger partial charge on any atom is -0.347 e. The van der Waals surface area contributed by atoms with Crippen molar-refractivity contribution in [2.24, 2.45) is 5.92 Å². The summed E-state index contributed by atoms with van der Waals surface area (Å²) >= 11 is 0. The van der Waals surface area contributed by atoms with Crippen molar-refractivity contribution in [1.82, 2.24) is 10.2 Å². The van der Waals surface area contributed by atoms with Crippen molar-refractivity contribution >= 4 is 11.8 Å². The molecule has 2 heterocycles. The molecule has 2 amide bonds. The van der Waals surface area contributed by atoms with Crippen molar-refractivity contribution in [2.75, 3.05) is 32.8 Å². The number of amides is 2. The Morgan fingerprint density at radius 3 is 2.37 bits per heavy atom. The van der Waals surface area contributed by atoms with E-state index in [2.05, 4.69) is 5.32 Å². The van der Waals surface area contributed by atoms with Crippen LogP contribution in [0.4, 0.5) is 0 Å². The van der Waals surface area contributed by atoms with Gasteiger partial charge in [0, 0.05) is 31.8 Å². The maximum Gasteiger partial charge on any atom is 0.241 e. The van der Waals surface area contributed by atoms with Gasteiger partial charge in [-0.1, -0.05) is 0 Å². The molecule has 0 aromatic carbocycles. The van der Waals surface area contributed by atoms with E-state index in [0.29, 0.717) is 26.3 Å². The molecule has 0 aromatic heterocycles. The number of likely N-dealkylation sites (tertiary alicyclic amines) is 1. The molecule has 6 nitrogen and oxygen atoms in total. The normalized spacial score (nSPS) is 25.6. The van der Waals surface area contributed by atoms with Gasteiger partial charge in [-0.05, 0) is 12.8 Å². The highest BCUT2D eigenvalue weighted by atomic mass is 16.7. The van der Waals surface area contributed by atoms with Gasteiger partial charge in [-0.3, -0.25) is 9.59 Å². The lowest BCUT2D eigenvalue weighted by Gasteiger charge is -2.37. The number of carbonyl (C=O) groups is 2. The Hall–Kier alpha value is -1.14. The molecule has 3 rings (SSSR count). The van der Waals surface area contributed by atoms with E-state index in [1.165, 1.54) is 0 Å². The average Bonchev–Trinajstić information content (AvgIpc) is 3.19. The fourth-order valence-corrected chi connectivity index (χ4v) is 2.65. The van der Waals surface area contributed by atoms with E-state index < -0.39 is 5.79 Å². The number of carbonyl (C=O) groups excluding carboxylic acids is 2. The van der Waals surface area contributed by atoms with Crippen LogP contribution >= 0.6 is 0 Å². The van der Waals surface area contributed by atoms with Crippen LogP contribution in [-0.4, -0.2) is 55.3 Å². The lowest BCUT2D eigenvalue weighted by molar-refractivity contribution is -0.187. The number of piperidine rings is 1. The summed E-state index contributed by atoms with van der Waals surface area (Å²) in [5.41, 5.74) is 0. The van der Waals surface area contributed by atoms with E-state index in [1.54, 1.807) is 4.90 Å². The highest BCUT2D eigenvalue weighted by Gasteiger charge is 2.40. The molecule has 1 spiro atoms. The predicted molar refractivity (Wildman–Crippen MR) is 66.2 cm³/mol. The second-order valence-electron chi connectivity index (χ2n) is 5.48. The van der Waals surface area contributed by atoms with Crippen LogP contribution in [0.1, 0.15) is 25.7 Å². The van der Waals surface area contributed by atoms with Crippen molar-refractivity contribution in [3.8, 4) is 0 Å². The first-order valence-corrected chi connectivity index (χ1v) is 7.02. The highest BCUT2D eigenvalue weighted by Crippen LogP contribution is 2.31. The average molecular weight is 268 g/mol. The first-order valence-electron chi connectivity index (χ1n) is 7.02. The number of rotatable bonds is 3. The fourth-order valence-electron chi connectivity index (χ4n) is 2.65. The van der Waals surface area contributed by atoms with Gasteiger partial charge in [-0.25, -0.2) is 0 Å². The summed E-state index contributed by atoms with van der Waals surface area (Å²) in [5, 5.41) is 2.71. The fraction of sp³-hybridized carbons (Fsp3) is 0.846. The Bertz CT molecular complexity index is 365. The molecule has 0 unspecified atom stereocenters. The molecule has 6 heteroatoms. The van der Waals surface area contributed by atoms with Gasteiger partial charge >= 0.3 is 0 Å². The zero-order chi connectivity index (χ0) is 13.3. The molecule has 0 atom stereocenters. The molecule has 0 radical (unpaired) electrons. The highest BCUT2D eigenvalue weighted by molar-refractivity contribution is 5.86. The largest absolute Gasteiger partial charge is 0.347 e. The van der Waals surface area contributed by atoms with Crippen molar-refractivity contribution < 1.29 is 19.1 Å². The third kappa shape index (κ3) is 2.90. The van der Waals surface area contributed by atoms with Crippen LogP contribution in [0, 0.1) is 5.92 Å². The van der Waals surface area contributed by atoms with Gasteiger partial charge in [-0.2, -0.15) is 0 Å². The standard InChI is InChI=1S/C13H20N2O4/c16-11(9-14-12(17)10-1-2-10)15-5-3-13(4-6-15)18-7-8-19-13/h10H,1-9H2,(H,14,17). The second-order valence-corrected chi connectivity index (χ2v) is 5.48. The van der Waals surface area contributed by atoms with E-state index in [1.807, 2.05) is 0 Å². The molecule has 0 aromatic rings. The summed E-state index contributed by atoms with van der Waals surface area (Å²) in [6, 6.07) is 0. The summed E-state index contributed by atoms with van der Waals surface area (Å²) in [5.74, 6) is -0.294. The molecule has 0 bridgehead atoms. The summed E-state index contributed by atoms with van der Waals surface area (Å²) in [6.07, 6.45) is 3.35. The first-order chi connectivity index (χ1) is 9.19. The summed E-state index contributed by atoms with van der Waals surface area (Å²) in [6.45, 7) is 2.68. The zero-order valence-corrected chi connectivity index (χ0v) is 11.0. The first kappa shape index (κ1) is 12.9. The van der Waals surface area contributed by atoms with E-state index in [-0.39, 0.29) is 24.3 Å². The molecule has 1 aliphatic carbocycles. The molecule has 2 aliphatic heterocycles. The summed E-state index contributed by atoms with van der Waals surface area (Å²) in [4.78, 5) is 25.2. The van der Waals surface area contributed by atoms with Crippen molar-refractivity contribution in [3.63, 3.8) is 0 Å². The quantitative estimate of drug-likeness (QED) is 0.775. The molecule has 1 N–H and O–H groups in total. The van der Waals surface area contributed by atoms with Gasteiger partial charge in [0.2, 0.25) is 11.8 Å². The number of hydrogen-bond acceptors (Lipinski definition) is 4. The molecule has 106 valence electrons. The van der Waals surface area contributed by atoms with Crippen molar-refractivity contribution in [2.45, 2.75) is 31.5 Å². The summed E-state index contributed by atoms with van der Waals surface area (Å²) in [7, 11) is 0. The van der Waals surface area contributed by atoms with Crippen LogP contribution in [0.25, 0.3) is 0 Å². The molecule has 3 aliphatic rings. The Balaban J connectivity index is 1.42. The third-order valence-electron chi connectivity index (χ3n) is 4.05. The monoisotopic (exact) mass is 268 g/mol. The molecule has 3 fully saturated rings. The van der Waals surface area contributed by atoms with Gasteiger partial charge in [0.05, 0.1) is 19.8 Å². The zero-order valence-electron chi connectivity index (χ0n) is 11.0. The van der Waals surface area contributed by atoms with E-state index in [4.69, 9.17) is 9.47 Å². The third-order valence-corrected chi connectivity index (χ3v) is 4.05. The van der Waals surface area contributed by atoms with Gasteiger partial charge in [-0.15, -0.1) is 0 Å². The SMILES string of the molecule is O=C(NCC(=O)N1CCC2(CC1)OCCO2)C1CC1. The molecular weight excluding hydrogens is 248 g/mol. The molecular formula is C13H20N2O4. The van der Waals surface area contributed by atoms with Crippen LogP contribution in [0.2, 0.25) is 0 Å². The number of nitrogens with zero attached hydrogens (tertiary/aromatic N) is 1. The van der Waals surface area contributed by atoms with Crippen molar-refractivity contribution in [1.29, 1.82) is 0 Å². The van der Waals surface area contributed by atoms with E-state index in [0.717, 1.165) is 25.7 Å². The van der Waals surface area contributed by atoms with Crippen molar-refractivity contribution in [3.05, 3.63) is 0 Å². The Kier molecular flexibility index (Phi) is 3.45. The second kappa shape index (κ2) is 5.09. The smallest absolute Gasteiger partial charge is 0.241 e. The van der Waals surface area contributed by atoms with E-state index in [9.17, 15) is 9.59 Å². The van der Waals surface area contributed by atoms with Crippen LogP contribution in [0.5, 0.6) is 0 Å². The van der Waals surface area contributed by atoms with Crippen LogP contribution in [-0.2, 0) is 19.1 Å². The number of ether oxygens (including phenoxy) is 2. The predicted octanol–water partition coefficient (Wildman–Crippen LogP) is -0.122. The molecule has 1 saturated carbocycles. The maximum absolute atomic E-state index is 12.0. The number of hydrogen-bond donors (Lipinski definition) is 1. The lowest BCUT2D eigenvalue weighted by atomic mass is 10.0. The summed E-state index contributed by atoms with van der Waals surface area (Å²) < 4.78 is 11.2. The topological polar surface area (TPSA) is 67.9 Å². The number of nitrogens with one attached hydrogen (secondary N) is 1. The minimum atomic E-state index is -0.450. The Labute approximate surface area is 112 Å². The van der Waals surface area contributed by atoms with Crippen LogP contribution < -0.4 is 5.32 Å². The Morgan fingerprint density at radius 1 is 1.16 bits per heavy atom. The van der Waals surface area contributed by atoms with Gasteiger partial charge < -0.3 is 19.7 Å².